The molecule has 26 heavy (non-hydrogen) atoms. The van der Waals surface area contributed by atoms with Crippen LogP contribution in [0, 0.1) is 6.92 Å². The molecular weight excluding hydrogens is 330 g/mol. The largest absolute Gasteiger partial charge is 0.456 e. The van der Waals surface area contributed by atoms with Gasteiger partial charge in [-0.25, -0.2) is 9.97 Å². The van der Waals surface area contributed by atoms with Crippen LogP contribution in [0.3, 0.4) is 0 Å². The van der Waals surface area contributed by atoms with E-state index in [0.717, 1.165) is 29.8 Å². The summed E-state index contributed by atoms with van der Waals surface area (Å²) in [5.41, 5.74) is 6.92. The van der Waals surface area contributed by atoms with Gasteiger partial charge in [-0.2, -0.15) is 0 Å². The Bertz CT molecular complexity index is 944. The van der Waals surface area contributed by atoms with E-state index in [-0.39, 0.29) is 5.91 Å². The number of furan rings is 1. The van der Waals surface area contributed by atoms with Gasteiger partial charge < -0.3 is 15.1 Å². The molecule has 0 radical (unpaired) electrons. The molecular formula is C19H21N5O2. The maximum Gasteiger partial charge on any atom is 0.289 e. The first kappa shape index (κ1) is 16.5. The number of nitrogens with zero attached hydrogens (tertiary/aromatic N) is 4. The highest BCUT2D eigenvalue weighted by atomic mass is 16.3. The standard InChI is InChI=1S/C19H21N5O2/c1-13-6-7-16(26-13)19(25)24-10-8-23(9-11-24)12-17-21-15-5-3-2-4-14(15)18(20)22-17/h2-7H,8-12H2,1H3,(H2,20,21,22). The van der Waals surface area contributed by atoms with Crippen molar-refractivity contribution in [3.63, 3.8) is 0 Å². The van der Waals surface area contributed by atoms with Crippen molar-refractivity contribution in [1.29, 1.82) is 0 Å². The molecule has 3 aromatic rings. The first-order chi connectivity index (χ1) is 12.6. The number of hydrogen-bond acceptors (Lipinski definition) is 6. The number of amides is 1. The van der Waals surface area contributed by atoms with Gasteiger partial charge in [0.25, 0.3) is 5.91 Å². The highest BCUT2D eigenvalue weighted by molar-refractivity contribution is 5.91. The van der Waals surface area contributed by atoms with Crippen LogP contribution in [0.15, 0.2) is 40.8 Å². The van der Waals surface area contributed by atoms with Crippen LogP contribution in [0.1, 0.15) is 22.1 Å². The lowest BCUT2D eigenvalue weighted by Crippen LogP contribution is -2.48. The normalized spacial score (nSPS) is 15.5. The number of hydrogen-bond donors (Lipinski definition) is 1. The third-order valence-electron chi connectivity index (χ3n) is 4.65. The van der Waals surface area contributed by atoms with Gasteiger partial charge in [-0.05, 0) is 31.2 Å². The topological polar surface area (TPSA) is 88.5 Å². The van der Waals surface area contributed by atoms with Crippen molar-refractivity contribution in [2.45, 2.75) is 13.5 Å². The minimum Gasteiger partial charge on any atom is -0.456 e. The first-order valence-corrected chi connectivity index (χ1v) is 8.69. The predicted molar refractivity (Wildman–Crippen MR) is 98.6 cm³/mol. The Morgan fingerprint density at radius 2 is 1.88 bits per heavy atom. The lowest BCUT2D eigenvalue weighted by molar-refractivity contribution is 0.0594. The van der Waals surface area contributed by atoms with Crippen LogP contribution in [-0.2, 0) is 6.54 Å². The molecule has 1 fully saturated rings. The highest BCUT2D eigenvalue weighted by Gasteiger charge is 2.24. The Labute approximate surface area is 151 Å². The minimum atomic E-state index is -0.0519. The van der Waals surface area contributed by atoms with Gasteiger partial charge in [0.15, 0.2) is 5.76 Å². The van der Waals surface area contributed by atoms with Crippen molar-refractivity contribution in [3.8, 4) is 0 Å². The Kier molecular flexibility index (Phi) is 4.30. The molecule has 7 nitrogen and oxygen atoms in total. The minimum absolute atomic E-state index is 0.0519. The highest BCUT2D eigenvalue weighted by Crippen LogP contribution is 2.18. The van der Waals surface area contributed by atoms with Crippen molar-refractivity contribution >= 4 is 22.6 Å². The molecule has 1 aliphatic rings. The number of anilines is 1. The molecule has 134 valence electrons. The van der Waals surface area contributed by atoms with E-state index in [2.05, 4.69) is 14.9 Å². The van der Waals surface area contributed by atoms with Crippen LogP contribution in [0.4, 0.5) is 5.82 Å². The molecule has 1 saturated heterocycles. The molecule has 0 unspecified atom stereocenters. The second-order valence-electron chi connectivity index (χ2n) is 6.52. The summed E-state index contributed by atoms with van der Waals surface area (Å²) in [5.74, 6) is 2.32. The summed E-state index contributed by atoms with van der Waals surface area (Å²) in [6, 6.07) is 11.3. The third-order valence-corrected chi connectivity index (χ3v) is 4.65. The fourth-order valence-corrected chi connectivity index (χ4v) is 3.24. The van der Waals surface area contributed by atoms with Crippen molar-refractivity contribution in [3.05, 3.63) is 53.7 Å². The Balaban J connectivity index is 1.40. The molecule has 0 atom stereocenters. The Morgan fingerprint density at radius 1 is 1.12 bits per heavy atom. The lowest BCUT2D eigenvalue weighted by Gasteiger charge is -2.33. The molecule has 0 aliphatic carbocycles. The van der Waals surface area contributed by atoms with Crippen LogP contribution in [0.25, 0.3) is 10.9 Å². The summed E-state index contributed by atoms with van der Waals surface area (Å²) in [6.45, 7) is 5.30. The smallest absolute Gasteiger partial charge is 0.289 e. The molecule has 0 spiro atoms. The average molecular weight is 351 g/mol. The van der Waals surface area contributed by atoms with Gasteiger partial charge in [0, 0.05) is 31.6 Å². The number of carbonyl (C=O) groups is 1. The molecule has 0 saturated carbocycles. The maximum atomic E-state index is 12.4. The molecule has 1 aliphatic heterocycles. The number of nitrogen functional groups attached to an aromatic ring is 1. The van der Waals surface area contributed by atoms with Crippen LogP contribution >= 0.6 is 0 Å². The Hall–Kier alpha value is -2.93. The second kappa shape index (κ2) is 6.76. The van der Waals surface area contributed by atoms with E-state index in [1.807, 2.05) is 42.2 Å². The van der Waals surface area contributed by atoms with Crippen molar-refractivity contribution in [2.75, 3.05) is 31.9 Å². The summed E-state index contributed by atoms with van der Waals surface area (Å²) in [7, 11) is 0. The number of piperazine rings is 1. The SMILES string of the molecule is Cc1ccc(C(=O)N2CCN(Cc3nc(N)c4ccccc4n3)CC2)o1. The molecule has 1 aromatic carbocycles. The van der Waals surface area contributed by atoms with Gasteiger partial charge in [0.05, 0.1) is 12.1 Å². The van der Waals surface area contributed by atoms with Gasteiger partial charge in [0.1, 0.15) is 17.4 Å². The second-order valence-corrected chi connectivity index (χ2v) is 6.52. The summed E-state index contributed by atoms with van der Waals surface area (Å²) < 4.78 is 5.44. The molecule has 7 heteroatoms. The first-order valence-electron chi connectivity index (χ1n) is 8.69. The van der Waals surface area contributed by atoms with Crippen LogP contribution < -0.4 is 5.73 Å². The Morgan fingerprint density at radius 3 is 2.62 bits per heavy atom. The average Bonchev–Trinajstić information content (AvgIpc) is 3.08. The lowest BCUT2D eigenvalue weighted by atomic mass is 10.2. The predicted octanol–water partition coefficient (Wildman–Crippen LogP) is 2.07. The number of para-hydroxylation sites is 1. The van der Waals surface area contributed by atoms with E-state index in [1.54, 1.807) is 6.07 Å². The molecule has 0 bridgehead atoms. The summed E-state index contributed by atoms with van der Waals surface area (Å²) in [5, 5.41) is 0.875. The molecule has 3 heterocycles. The number of fused-ring (bicyclic) bond motifs is 1. The number of aromatic nitrogens is 2. The zero-order chi connectivity index (χ0) is 18.1. The van der Waals surface area contributed by atoms with Gasteiger partial charge >= 0.3 is 0 Å². The van der Waals surface area contributed by atoms with Crippen molar-refractivity contribution in [1.82, 2.24) is 19.8 Å². The molecule has 2 N–H and O–H groups in total. The summed E-state index contributed by atoms with van der Waals surface area (Å²) >= 11 is 0. The van der Waals surface area contributed by atoms with Crippen LogP contribution in [0.5, 0.6) is 0 Å². The molecule has 1 amide bonds. The van der Waals surface area contributed by atoms with E-state index in [4.69, 9.17) is 10.2 Å². The number of nitrogens with two attached hydrogens (primary N) is 1. The van der Waals surface area contributed by atoms with E-state index in [9.17, 15) is 4.79 Å². The van der Waals surface area contributed by atoms with E-state index in [1.165, 1.54) is 0 Å². The van der Waals surface area contributed by atoms with Gasteiger partial charge in [-0.1, -0.05) is 12.1 Å². The van der Waals surface area contributed by atoms with Gasteiger partial charge in [-0.15, -0.1) is 0 Å². The number of rotatable bonds is 3. The van der Waals surface area contributed by atoms with Crippen LogP contribution in [0.2, 0.25) is 0 Å². The van der Waals surface area contributed by atoms with Gasteiger partial charge in [-0.3, -0.25) is 9.69 Å². The molecule has 4 rings (SSSR count). The fraction of sp³-hybridized carbons (Fsp3) is 0.316. The number of aryl methyl sites for hydroxylation is 1. The monoisotopic (exact) mass is 351 g/mol. The zero-order valence-corrected chi connectivity index (χ0v) is 14.7. The van der Waals surface area contributed by atoms with Crippen molar-refractivity contribution in [2.24, 2.45) is 0 Å². The fourth-order valence-electron chi connectivity index (χ4n) is 3.24. The van der Waals surface area contributed by atoms with Crippen LogP contribution in [-0.4, -0.2) is 51.9 Å². The molecule has 2 aromatic heterocycles. The maximum absolute atomic E-state index is 12.4. The zero-order valence-electron chi connectivity index (χ0n) is 14.7. The summed E-state index contributed by atoms with van der Waals surface area (Å²) in [4.78, 5) is 25.5. The third kappa shape index (κ3) is 3.25. The number of benzene rings is 1. The van der Waals surface area contributed by atoms with Crippen molar-refractivity contribution < 1.29 is 9.21 Å². The quantitative estimate of drug-likeness (QED) is 0.777. The van der Waals surface area contributed by atoms with E-state index < -0.39 is 0 Å². The number of carbonyl (C=O) groups excluding carboxylic acids is 1. The van der Waals surface area contributed by atoms with Gasteiger partial charge in [0.2, 0.25) is 0 Å². The summed E-state index contributed by atoms with van der Waals surface area (Å²) in [6.07, 6.45) is 0. The van der Waals surface area contributed by atoms with E-state index >= 15 is 0 Å². The van der Waals surface area contributed by atoms with E-state index in [0.29, 0.717) is 37.0 Å².